The molecule has 1 aromatic rings. The van der Waals surface area contributed by atoms with E-state index in [1.165, 1.54) is 24.8 Å². The molecule has 9 atom stereocenters. The number of nitrogens with one attached hydrogen (secondary N) is 1. The lowest BCUT2D eigenvalue weighted by molar-refractivity contribution is 0.00900. The molecule has 3 saturated heterocycles. The number of benzene rings is 1. The Morgan fingerprint density at radius 2 is 1.90 bits per heavy atom. The van der Waals surface area contributed by atoms with E-state index in [4.69, 9.17) is 0 Å². The van der Waals surface area contributed by atoms with Gasteiger partial charge in [0.25, 0.3) is 0 Å². The highest BCUT2D eigenvalue weighted by Gasteiger charge is 2.68. The van der Waals surface area contributed by atoms with Crippen molar-refractivity contribution in [1.82, 2.24) is 10.2 Å². The smallest absolute Gasteiger partial charge is 0.150 e. The predicted molar refractivity (Wildman–Crippen MR) is 119 cm³/mol. The molecular formula is C26H36N2O3. The summed E-state index contributed by atoms with van der Waals surface area (Å²) < 4.78 is 0. The standard InChI is InChI=1S/C26H36N2O3/c1-16(18-6-4-17(14-29)5-7-18)22-13-20(26(31)15-28(22)26)21-9-8-19-12-23(30)25(24(19)27-21)10-2-3-11-25/h4-7,14,16,19-24,27,30-31H,2-3,8-13,15H2,1H3/t16-,19-,20+,21-,22+,23-,24-,26-,28?/m1/s1. The number of nitrogens with zero attached hydrogens (tertiary/aromatic N) is 1. The van der Waals surface area contributed by atoms with Crippen molar-refractivity contribution in [2.75, 3.05) is 6.54 Å². The second kappa shape index (κ2) is 7.11. The summed E-state index contributed by atoms with van der Waals surface area (Å²) in [6, 6.07) is 9.03. The molecule has 2 aliphatic carbocycles. The van der Waals surface area contributed by atoms with Crippen LogP contribution in [0.5, 0.6) is 0 Å². The van der Waals surface area contributed by atoms with Gasteiger partial charge in [0.1, 0.15) is 12.0 Å². The van der Waals surface area contributed by atoms with Crippen molar-refractivity contribution in [3.63, 3.8) is 0 Å². The molecule has 0 amide bonds. The minimum atomic E-state index is -0.660. The molecule has 1 spiro atoms. The first-order valence-electron chi connectivity index (χ1n) is 12.4. The Morgan fingerprint density at radius 1 is 1.16 bits per heavy atom. The molecule has 2 saturated carbocycles. The maximum absolute atomic E-state index is 11.5. The maximum atomic E-state index is 11.5. The molecule has 31 heavy (non-hydrogen) atoms. The summed E-state index contributed by atoms with van der Waals surface area (Å²) in [5, 5.41) is 26.4. The molecule has 6 rings (SSSR count). The van der Waals surface area contributed by atoms with Gasteiger partial charge in [-0.05, 0) is 55.9 Å². The highest BCUT2D eigenvalue weighted by Crippen LogP contribution is 2.58. The largest absolute Gasteiger partial charge is 0.392 e. The molecule has 5 aliphatic rings. The molecule has 1 aromatic carbocycles. The number of aliphatic hydroxyl groups excluding tert-OH is 1. The zero-order valence-electron chi connectivity index (χ0n) is 18.5. The second-order valence-corrected chi connectivity index (χ2v) is 11.3. The summed E-state index contributed by atoms with van der Waals surface area (Å²) in [6.07, 6.45) is 9.82. The average molecular weight is 425 g/mol. The molecule has 3 heterocycles. The quantitative estimate of drug-likeness (QED) is 0.512. The van der Waals surface area contributed by atoms with E-state index in [0.29, 0.717) is 35.5 Å². The molecule has 168 valence electrons. The van der Waals surface area contributed by atoms with Crippen LogP contribution in [0.3, 0.4) is 0 Å². The highest BCUT2D eigenvalue weighted by atomic mass is 16.3. The molecule has 0 aromatic heterocycles. The van der Waals surface area contributed by atoms with Crippen LogP contribution in [0.4, 0.5) is 0 Å². The van der Waals surface area contributed by atoms with Gasteiger partial charge in [0.05, 0.1) is 6.10 Å². The summed E-state index contributed by atoms with van der Waals surface area (Å²) in [6.45, 7) is 3.03. The Bertz CT molecular complexity index is 851. The molecular weight excluding hydrogens is 388 g/mol. The number of aldehydes is 1. The van der Waals surface area contributed by atoms with Crippen molar-refractivity contribution in [3.8, 4) is 0 Å². The van der Waals surface area contributed by atoms with Crippen molar-refractivity contribution >= 4 is 6.29 Å². The normalized spacial score (nSPS) is 46.0. The number of carbonyl (C=O) groups is 1. The number of hydrogen-bond donors (Lipinski definition) is 3. The summed E-state index contributed by atoms with van der Waals surface area (Å²) in [4.78, 5) is 13.3. The molecule has 3 aliphatic heterocycles. The number of fused-ring (bicyclic) bond motifs is 3. The third kappa shape index (κ3) is 2.93. The van der Waals surface area contributed by atoms with Gasteiger partial charge >= 0.3 is 0 Å². The lowest BCUT2D eigenvalue weighted by Crippen LogP contribution is -2.57. The first kappa shape index (κ1) is 20.3. The molecule has 1 unspecified atom stereocenters. The third-order valence-corrected chi connectivity index (χ3v) is 10.0. The van der Waals surface area contributed by atoms with Gasteiger partial charge in [-0.1, -0.05) is 44.0 Å². The van der Waals surface area contributed by atoms with Crippen molar-refractivity contribution in [2.45, 2.75) is 94.2 Å². The molecule has 0 bridgehead atoms. The van der Waals surface area contributed by atoms with E-state index >= 15 is 0 Å². The van der Waals surface area contributed by atoms with Gasteiger partial charge in [0, 0.05) is 41.6 Å². The molecule has 5 heteroatoms. The van der Waals surface area contributed by atoms with Gasteiger partial charge in [0.15, 0.2) is 0 Å². The summed E-state index contributed by atoms with van der Waals surface area (Å²) in [5.41, 5.74) is 1.38. The Balaban J connectivity index is 1.20. The SMILES string of the molecule is C[C@H](c1ccc(C=O)cc1)[C@@H]1C[C@@H]([C@H]2CC[C@@H]3C[C@@H](O)C4(CCCC4)[C@@H]3N2)[C@]2(O)CN12. The van der Waals surface area contributed by atoms with Gasteiger partial charge < -0.3 is 15.5 Å². The molecule has 5 fully saturated rings. The Hall–Kier alpha value is -1.27. The van der Waals surface area contributed by atoms with Crippen LogP contribution in [0, 0.1) is 17.3 Å². The van der Waals surface area contributed by atoms with Crippen LogP contribution in [-0.4, -0.2) is 57.9 Å². The van der Waals surface area contributed by atoms with Crippen LogP contribution >= 0.6 is 0 Å². The number of piperidine rings is 2. The van der Waals surface area contributed by atoms with Crippen molar-refractivity contribution in [1.29, 1.82) is 0 Å². The van der Waals surface area contributed by atoms with Crippen molar-refractivity contribution < 1.29 is 15.0 Å². The van der Waals surface area contributed by atoms with Gasteiger partial charge in [-0.2, -0.15) is 0 Å². The highest BCUT2D eigenvalue weighted by molar-refractivity contribution is 5.74. The summed E-state index contributed by atoms with van der Waals surface area (Å²) in [7, 11) is 0. The zero-order valence-corrected chi connectivity index (χ0v) is 18.5. The first-order chi connectivity index (χ1) is 15.0. The van der Waals surface area contributed by atoms with E-state index in [0.717, 1.165) is 44.9 Å². The van der Waals surface area contributed by atoms with E-state index in [1.54, 1.807) is 0 Å². The number of rotatable bonds is 4. The topological polar surface area (TPSA) is 72.6 Å². The Labute approximate surface area is 185 Å². The van der Waals surface area contributed by atoms with Crippen LogP contribution in [0.1, 0.15) is 80.1 Å². The first-order valence-corrected chi connectivity index (χ1v) is 12.4. The van der Waals surface area contributed by atoms with E-state index in [2.05, 4.69) is 29.3 Å². The van der Waals surface area contributed by atoms with Crippen molar-refractivity contribution in [3.05, 3.63) is 35.4 Å². The van der Waals surface area contributed by atoms with E-state index in [1.807, 2.05) is 12.1 Å². The van der Waals surface area contributed by atoms with Crippen LogP contribution in [0.25, 0.3) is 0 Å². The lowest BCUT2D eigenvalue weighted by Gasteiger charge is -2.44. The Morgan fingerprint density at radius 3 is 2.61 bits per heavy atom. The van der Waals surface area contributed by atoms with E-state index < -0.39 is 5.72 Å². The summed E-state index contributed by atoms with van der Waals surface area (Å²) in [5.74, 6) is 1.18. The Kier molecular flexibility index (Phi) is 4.67. The minimum Gasteiger partial charge on any atom is -0.392 e. The van der Waals surface area contributed by atoms with Gasteiger partial charge in [-0.15, -0.1) is 0 Å². The van der Waals surface area contributed by atoms with Crippen LogP contribution in [0.2, 0.25) is 0 Å². The van der Waals surface area contributed by atoms with Crippen LogP contribution in [-0.2, 0) is 0 Å². The lowest BCUT2D eigenvalue weighted by atomic mass is 9.72. The van der Waals surface area contributed by atoms with Gasteiger partial charge in [-0.25, -0.2) is 0 Å². The van der Waals surface area contributed by atoms with Crippen LogP contribution < -0.4 is 5.32 Å². The van der Waals surface area contributed by atoms with Gasteiger partial charge in [0.2, 0.25) is 0 Å². The van der Waals surface area contributed by atoms with E-state index in [-0.39, 0.29) is 17.4 Å². The zero-order chi connectivity index (χ0) is 21.4. The fourth-order valence-corrected chi connectivity index (χ4v) is 8.21. The predicted octanol–water partition coefficient (Wildman–Crippen LogP) is 3.06. The fraction of sp³-hybridized carbons (Fsp3) is 0.731. The van der Waals surface area contributed by atoms with E-state index in [9.17, 15) is 15.0 Å². The molecule has 5 nitrogen and oxygen atoms in total. The number of aliphatic hydroxyl groups is 2. The molecule has 3 N–H and O–H groups in total. The number of hydrogen-bond acceptors (Lipinski definition) is 5. The molecule has 0 radical (unpaired) electrons. The maximum Gasteiger partial charge on any atom is 0.150 e. The van der Waals surface area contributed by atoms with Crippen molar-refractivity contribution in [2.24, 2.45) is 17.3 Å². The fourth-order valence-electron chi connectivity index (χ4n) is 8.21. The van der Waals surface area contributed by atoms with Gasteiger partial charge in [-0.3, -0.25) is 9.69 Å². The average Bonchev–Trinajstić information content (AvgIpc) is 3.12. The van der Waals surface area contributed by atoms with Crippen LogP contribution in [0.15, 0.2) is 24.3 Å². The minimum absolute atomic E-state index is 0.0841. The third-order valence-electron chi connectivity index (χ3n) is 10.0. The number of carbonyl (C=O) groups excluding carboxylic acids is 1. The second-order valence-electron chi connectivity index (χ2n) is 11.3. The monoisotopic (exact) mass is 424 g/mol. The summed E-state index contributed by atoms with van der Waals surface area (Å²) >= 11 is 0.